The van der Waals surface area contributed by atoms with Gasteiger partial charge in [0.2, 0.25) is 0 Å². The lowest BCUT2D eigenvalue weighted by molar-refractivity contribution is -0.113. The molecule has 0 radical (unpaired) electrons. The lowest BCUT2D eigenvalue weighted by atomic mass is 9.79. The van der Waals surface area contributed by atoms with E-state index in [2.05, 4.69) is 0 Å². The lowest BCUT2D eigenvalue weighted by Crippen LogP contribution is -2.23. The molecule has 3 nitrogen and oxygen atoms in total. The van der Waals surface area contributed by atoms with Crippen LogP contribution in [0, 0.1) is 0 Å². The van der Waals surface area contributed by atoms with Crippen LogP contribution in [0.3, 0.4) is 0 Å². The van der Waals surface area contributed by atoms with Gasteiger partial charge in [-0.15, -0.1) is 0 Å². The van der Waals surface area contributed by atoms with Crippen LogP contribution >= 0.6 is 0 Å². The Hall–Kier alpha value is -1.91. The first-order valence-electron chi connectivity index (χ1n) is 11.8. The summed E-state index contributed by atoms with van der Waals surface area (Å²) in [5.41, 5.74) is 1.26. The monoisotopic (exact) mass is 454 g/mol. The number of carbonyl (C=O) groups excluding carboxylic acids is 2. The Bertz CT molecular complexity index is 727. The van der Waals surface area contributed by atoms with E-state index in [-0.39, 0.29) is 0 Å². The highest BCUT2D eigenvalue weighted by Crippen LogP contribution is 2.29. The van der Waals surface area contributed by atoms with Crippen LogP contribution in [0.5, 0.6) is 0 Å². The van der Waals surface area contributed by atoms with E-state index >= 15 is 0 Å². The smallest absolute Gasteiger partial charge is 0.130 e. The van der Waals surface area contributed by atoms with E-state index in [1.165, 1.54) is 0 Å². The molecule has 2 rings (SSSR count). The van der Waals surface area contributed by atoms with Gasteiger partial charge in [0.05, 0.1) is 0 Å². The maximum atomic E-state index is 12.3. The number of rotatable bonds is 16. The molecule has 0 saturated heterocycles. The Labute approximate surface area is 197 Å². The van der Waals surface area contributed by atoms with Gasteiger partial charge in [-0.2, -0.15) is 0 Å². The van der Waals surface area contributed by atoms with Gasteiger partial charge < -0.3 is 14.1 Å². The summed E-state index contributed by atoms with van der Waals surface area (Å²) < 4.78 is 12.3. The average molecular weight is 455 g/mol. The molecule has 2 unspecified atom stereocenters. The maximum absolute atomic E-state index is 12.3. The van der Waals surface area contributed by atoms with Gasteiger partial charge in [0, 0.05) is 10.8 Å². The highest BCUT2D eigenvalue weighted by molar-refractivity contribution is 7.91. The molecule has 0 fully saturated rings. The molecular weight excluding hydrogens is 416 g/mol. The highest BCUT2D eigenvalue weighted by Gasteiger charge is 2.26. The van der Waals surface area contributed by atoms with Gasteiger partial charge >= 0.3 is 0 Å². The SMILES string of the molecule is CC(C=O)(CCCCC[S+]([O-])CCCCCC(C)(C=O)c1ccccc1)c1ccccc1. The van der Waals surface area contributed by atoms with Crippen LogP contribution in [0.1, 0.15) is 76.3 Å². The summed E-state index contributed by atoms with van der Waals surface area (Å²) in [5.74, 6) is 1.47. The molecule has 0 N–H and O–H groups in total. The minimum absolute atomic E-state index is 0.434. The normalized spacial score (nSPS) is 16.0. The van der Waals surface area contributed by atoms with Gasteiger partial charge in [-0.1, -0.05) is 84.7 Å². The van der Waals surface area contributed by atoms with Crippen molar-refractivity contribution in [1.82, 2.24) is 0 Å². The minimum Gasteiger partial charge on any atom is -0.616 e. The molecule has 0 saturated carbocycles. The van der Waals surface area contributed by atoms with Crippen LogP contribution < -0.4 is 0 Å². The Morgan fingerprint density at radius 1 is 0.656 bits per heavy atom. The molecule has 0 spiro atoms. The molecule has 32 heavy (non-hydrogen) atoms. The molecule has 0 aliphatic rings. The largest absolute Gasteiger partial charge is 0.616 e. The molecular formula is C28H38O3S. The fourth-order valence-electron chi connectivity index (χ4n) is 4.15. The van der Waals surface area contributed by atoms with E-state index in [9.17, 15) is 14.1 Å². The molecule has 0 aliphatic heterocycles. The zero-order valence-corrected chi connectivity index (χ0v) is 20.4. The molecule has 2 atom stereocenters. The van der Waals surface area contributed by atoms with Crippen molar-refractivity contribution in [2.24, 2.45) is 0 Å². The topological polar surface area (TPSA) is 57.2 Å². The van der Waals surface area contributed by atoms with Crippen LogP contribution in [0.4, 0.5) is 0 Å². The summed E-state index contributed by atoms with van der Waals surface area (Å²) in [6, 6.07) is 19.9. The van der Waals surface area contributed by atoms with Gasteiger partial charge in [-0.05, 0) is 63.5 Å². The molecule has 0 amide bonds. The van der Waals surface area contributed by atoms with E-state index in [1.807, 2.05) is 74.5 Å². The lowest BCUT2D eigenvalue weighted by Gasteiger charge is -2.23. The Balaban J connectivity index is 1.58. The summed E-state index contributed by atoms with van der Waals surface area (Å²) in [6.45, 7) is 4.00. The first kappa shape index (κ1) is 26.3. The van der Waals surface area contributed by atoms with E-state index in [0.29, 0.717) is 0 Å². The predicted octanol–water partition coefficient (Wildman–Crippen LogP) is 6.17. The first-order valence-corrected chi connectivity index (χ1v) is 13.3. The second-order valence-electron chi connectivity index (χ2n) is 9.27. The average Bonchev–Trinajstić information content (AvgIpc) is 2.84. The van der Waals surface area contributed by atoms with Crippen LogP contribution in [0.2, 0.25) is 0 Å². The number of hydrogen-bond donors (Lipinski definition) is 0. The van der Waals surface area contributed by atoms with Crippen molar-refractivity contribution < 1.29 is 14.1 Å². The number of aldehydes is 2. The van der Waals surface area contributed by atoms with Crippen LogP contribution in [-0.2, 0) is 31.6 Å². The fraction of sp³-hybridized carbons (Fsp3) is 0.500. The Morgan fingerprint density at radius 3 is 1.38 bits per heavy atom. The molecule has 2 aromatic rings. The van der Waals surface area contributed by atoms with Crippen LogP contribution in [0.15, 0.2) is 60.7 Å². The van der Waals surface area contributed by atoms with Crippen molar-refractivity contribution in [1.29, 1.82) is 0 Å². The predicted molar refractivity (Wildman–Crippen MR) is 135 cm³/mol. The first-order chi connectivity index (χ1) is 15.4. The number of benzene rings is 2. The minimum atomic E-state index is -0.784. The second kappa shape index (κ2) is 13.6. The third-order valence-corrected chi connectivity index (χ3v) is 8.01. The van der Waals surface area contributed by atoms with Crippen molar-refractivity contribution in [3.8, 4) is 0 Å². The third kappa shape index (κ3) is 8.22. The molecule has 0 aliphatic carbocycles. The van der Waals surface area contributed by atoms with Crippen molar-refractivity contribution in [3.63, 3.8) is 0 Å². The van der Waals surface area contributed by atoms with E-state index in [0.717, 1.165) is 86.6 Å². The fourth-order valence-corrected chi connectivity index (χ4v) is 5.40. The quantitative estimate of drug-likeness (QED) is 0.173. The van der Waals surface area contributed by atoms with Crippen molar-refractivity contribution in [2.75, 3.05) is 11.5 Å². The molecule has 174 valence electrons. The number of carbonyl (C=O) groups is 2. The standard InChI is InChI=1S/C28H38O3S/c1-27(23-29,25-15-7-3-8-16-25)19-11-5-13-21-32(31)22-14-6-12-20-28(2,24-30)26-17-9-4-10-18-26/h3-4,7-10,15-18,23-24H,5-6,11-14,19-22H2,1-2H3. The van der Waals surface area contributed by atoms with E-state index in [1.54, 1.807) is 0 Å². The zero-order valence-electron chi connectivity index (χ0n) is 19.6. The number of hydrogen-bond acceptors (Lipinski definition) is 3. The molecule has 4 heteroatoms. The summed E-state index contributed by atoms with van der Waals surface area (Å²) in [5, 5.41) is 0. The number of unbranched alkanes of at least 4 members (excludes halogenated alkanes) is 4. The van der Waals surface area contributed by atoms with Gasteiger partial charge in [-0.25, -0.2) is 0 Å². The summed E-state index contributed by atoms with van der Waals surface area (Å²) in [4.78, 5) is 23.3. The van der Waals surface area contributed by atoms with E-state index < -0.39 is 22.0 Å². The molecule has 0 aromatic heterocycles. The molecule has 2 aromatic carbocycles. The van der Waals surface area contributed by atoms with E-state index in [4.69, 9.17) is 0 Å². The zero-order chi connectivity index (χ0) is 23.3. The van der Waals surface area contributed by atoms with Gasteiger partial charge in [0.25, 0.3) is 0 Å². The Morgan fingerprint density at radius 2 is 1.03 bits per heavy atom. The molecule has 0 heterocycles. The summed E-state index contributed by atoms with van der Waals surface area (Å²) in [6.07, 6.45) is 9.57. The van der Waals surface area contributed by atoms with Crippen molar-refractivity contribution in [2.45, 2.75) is 76.0 Å². The van der Waals surface area contributed by atoms with Crippen LogP contribution in [0.25, 0.3) is 0 Å². The molecule has 0 bridgehead atoms. The van der Waals surface area contributed by atoms with Crippen molar-refractivity contribution in [3.05, 3.63) is 71.8 Å². The van der Waals surface area contributed by atoms with Gasteiger partial charge in [0.1, 0.15) is 24.1 Å². The van der Waals surface area contributed by atoms with Crippen molar-refractivity contribution >= 4 is 23.7 Å². The highest BCUT2D eigenvalue weighted by atomic mass is 32.2. The maximum Gasteiger partial charge on any atom is 0.130 e. The van der Waals surface area contributed by atoms with Gasteiger partial charge in [0.15, 0.2) is 0 Å². The second-order valence-corrected chi connectivity index (χ2v) is 11.0. The summed E-state index contributed by atoms with van der Waals surface area (Å²) in [7, 11) is 0. The van der Waals surface area contributed by atoms with Gasteiger partial charge in [-0.3, -0.25) is 0 Å². The Kier molecular flexibility index (Phi) is 11.2. The third-order valence-electron chi connectivity index (χ3n) is 6.52. The summed E-state index contributed by atoms with van der Waals surface area (Å²) >= 11 is -0.784. The van der Waals surface area contributed by atoms with Crippen LogP contribution in [-0.4, -0.2) is 28.6 Å².